The van der Waals surface area contributed by atoms with Crippen LogP contribution in [0, 0.1) is 0 Å². The van der Waals surface area contributed by atoms with Crippen LogP contribution in [0.1, 0.15) is 5.56 Å². The minimum absolute atomic E-state index is 0.0920. The molecule has 1 aromatic carbocycles. The van der Waals surface area contributed by atoms with E-state index < -0.39 is 38.7 Å². The quantitative estimate of drug-likeness (QED) is 0.623. The Bertz CT molecular complexity index is 641. The van der Waals surface area contributed by atoms with Crippen molar-refractivity contribution in [3.8, 4) is 0 Å². The van der Waals surface area contributed by atoms with Gasteiger partial charge in [-0.3, -0.25) is 4.79 Å². The summed E-state index contributed by atoms with van der Waals surface area (Å²) in [4.78, 5) is 10.7. The van der Waals surface area contributed by atoms with Crippen molar-refractivity contribution in [3.05, 3.63) is 29.8 Å². The molecule has 9 heteroatoms. The Labute approximate surface area is 113 Å². The molecule has 1 saturated heterocycles. The third-order valence-corrected chi connectivity index (χ3v) is 4.68. The summed E-state index contributed by atoms with van der Waals surface area (Å²) >= 11 is 0. The zero-order chi connectivity index (χ0) is 15.1. The van der Waals surface area contributed by atoms with E-state index in [2.05, 4.69) is 4.74 Å². The van der Waals surface area contributed by atoms with Gasteiger partial charge in [0, 0.05) is 6.54 Å². The number of hydrogen-bond acceptors (Lipinski definition) is 4. The standard InChI is InChI=1S/C11H10F3NO4S/c1-19-10(16)9-6-15(9)20(17,18)8-4-2-3-7(5-8)11(12,13)14/h2-5,9H,6H2,1H3. The summed E-state index contributed by atoms with van der Waals surface area (Å²) in [7, 11) is -3.01. The topological polar surface area (TPSA) is 63.5 Å². The zero-order valence-corrected chi connectivity index (χ0v) is 11.0. The van der Waals surface area contributed by atoms with Gasteiger partial charge in [-0.1, -0.05) is 6.07 Å². The molecule has 0 spiro atoms. The first-order valence-corrected chi connectivity index (χ1v) is 6.89. The Balaban J connectivity index is 2.31. The maximum absolute atomic E-state index is 12.5. The van der Waals surface area contributed by atoms with Gasteiger partial charge in [-0.25, -0.2) is 8.42 Å². The number of carbonyl (C=O) groups excluding carboxylic acids is 1. The number of methoxy groups -OCH3 is 1. The summed E-state index contributed by atoms with van der Waals surface area (Å²) in [6, 6.07) is 2.42. The van der Waals surface area contributed by atoms with Crippen LogP contribution in [-0.4, -0.2) is 38.4 Å². The average molecular weight is 309 g/mol. The highest BCUT2D eigenvalue weighted by Gasteiger charge is 2.50. The van der Waals surface area contributed by atoms with Gasteiger partial charge < -0.3 is 4.74 Å². The highest BCUT2D eigenvalue weighted by Crippen LogP contribution is 2.33. The smallest absolute Gasteiger partial charge is 0.416 e. The average Bonchev–Trinajstić information content (AvgIpc) is 3.18. The second kappa shape index (κ2) is 4.74. The van der Waals surface area contributed by atoms with Crippen LogP contribution in [0.15, 0.2) is 29.2 Å². The number of hydrogen-bond donors (Lipinski definition) is 0. The number of sulfonamides is 1. The van der Waals surface area contributed by atoms with Crippen LogP contribution in [0.25, 0.3) is 0 Å². The fourth-order valence-corrected chi connectivity index (χ4v) is 3.24. The zero-order valence-electron chi connectivity index (χ0n) is 10.2. The van der Waals surface area contributed by atoms with Crippen LogP contribution in [0.2, 0.25) is 0 Å². The molecule has 0 aromatic heterocycles. The molecule has 1 aliphatic heterocycles. The number of benzene rings is 1. The maximum Gasteiger partial charge on any atom is 0.416 e. The molecule has 0 N–H and O–H groups in total. The van der Waals surface area contributed by atoms with Crippen LogP contribution in [0.5, 0.6) is 0 Å². The van der Waals surface area contributed by atoms with E-state index in [0.717, 1.165) is 29.6 Å². The molecule has 1 aliphatic rings. The summed E-state index contributed by atoms with van der Waals surface area (Å²) in [5.41, 5.74) is -1.06. The molecule has 2 unspecified atom stereocenters. The fourth-order valence-electron chi connectivity index (χ4n) is 1.69. The Morgan fingerprint density at radius 1 is 1.40 bits per heavy atom. The molecular formula is C11H10F3NO4S. The van der Waals surface area contributed by atoms with Gasteiger partial charge in [0.15, 0.2) is 0 Å². The van der Waals surface area contributed by atoms with Crippen molar-refractivity contribution < 1.29 is 31.1 Å². The van der Waals surface area contributed by atoms with Crippen LogP contribution in [0.4, 0.5) is 13.2 Å². The van der Waals surface area contributed by atoms with Gasteiger partial charge >= 0.3 is 12.1 Å². The lowest BCUT2D eigenvalue weighted by Crippen LogP contribution is -2.20. The van der Waals surface area contributed by atoms with Crippen LogP contribution in [-0.2, 0) is 25.7 Å². The van der Waals surface area contributed by atoms with Crippen LogP contribution >= 0.6 is 0 Å². The molecule has 0 amide bonds. The molecule has 0 saturated carbocycles. The van der Waals surface area contributed by atoms with E-state index >= 15 is 0 Å². The summed E-state index contributed by atoms with van der Waals surface area (Å²) in [6.07, 6.45) is -4.63. The highest BCUT2D eigenvalue weighted by atomic mass is 32.2. The largest absolute Gasteiger partial charge is 0.468 e. The van der Waals surface area contributed by atoms with E-state index in [0.29, 0.717) is 6.07 Å². The number of nitrogens with zero attached hydrogens (tertiary/aromatic N) is 1. The molecule has 0 bridgehead atoms. The second-order valence-corrected chi connectivity index (χ2v) is 6.03. The van der Waals surface area contributed by atoms with E-state index in [1.807, 2.05) is 0 Å². The lowest BCUT2D eigenvalue weighted by Gasteiger charge is -2.10. The number of rotatable bonds is 3. The summed E-state index contributed by atoms with van der Waals surface area (Å²) in [6.45, 7) is -0.0920. The number of alkyl halides is 3. The fraction of sp³-hybridized carbons (Fsp3) is 0.364. The molecule has 1 fully saturated rings. The van der Waals surface area contributed by atoms with Gasteiger partial charge in [0.05, 0.1) is 17.6 Å². The van der Waals surface area contributed by atoms with Crippen LogP contribution < -0.4 is 0 Å². The van der Waals surface area contributed by atoms with E-state index in [1.165, 1.54) is 0 Å². The molecule has 0 radical (unpaired) electrons. The van der Waals surface area contributed by atoms with Crippen molar-refractivity contribution >= 4 is 16.0 Å². The molecule has 5 nitrogen and oxygen atoms in total. The summed E-state index contributed by atoms with van der Waals surface area (Å²) in [5.74, 6) is -0.736. The normalized spacial score (nSPS) is 22.4. The number of ether oxygens (including phenoxy) is 1. The van der Waals surface area contributed by atoms with Gasteiger partial charge in [-0.2, -0.15) is 17.5 Å². The summed E-state index contributed by atoms with van der Waals surface area (Å²) in [5, 5.41) is 0. The predicted molar refractivity (Wildman–Crippen MR) is 61.1 cm³/mol. The third kappa shape index (κ3) is 2.63. The van der Waals surface area contributed by atoms with Gasteiger partial charge in [-0.05, 0) is 18.2 Å². The van der Waals surface area contributed by atoms with Gasteiger partial charge in [0.25, 0.3) is 0 Å². The Kier molecular flexibility index (Phi) is 3.51. The first-order chi connectivity index (χ1) is 9.17. The Hall–Kier alpha value is -1.61. The molecule has 0 aliphatic carbocycles. The lowest BCUT2D eigenvalue weighted by atomic mass is 10.2. The lowest BCUT2D eigenvalue weighted by molar-refractivity contribution is -0.140. The van der Waals surface area contributed by atoms with Crippen molar-refractivity contribution in [2.75, 3.05) is 13.7 Å². The van der Waals surface area contributed by atoms with Gasteiger partial charge in [0.1, 0.15) is 6.04 Å². The SMILES string of the molecule is COC(=O)C1CN1S(=O)(=O)c1cccc(C(F)(F)F)c1. The minimum Gasteiger partial charge on any atom is -0.468 e. The van der Waals surface area contributed by atoms with Crippen molar-refractivity contribution in [2.45, 2.75) is 17.1 Å². The molecule has 2 rings (SSSR count). The van der Waals surface area contributed by atoms with E-state index in [9.17, 15) is 26.4 Å². The number of esters is 1. The predicted octanol–water partition coefficient (Wildman–Crippen LogP) is 1.25. The van der Waals surface area contributed by atoms with Crippen molar-refractivity contribution in [2.24, 2.45) is 0 Å². The minimum atomic E-state index is -4.63. The maximum atomic E-state index is 12.5. The molecule has 20 heavy (non-hydrogen) atoms. The molecular weight excluding hydrogens is 299 g/mol. The summed E-state index contributed by atoms with van der Waals surface area (Å²) < 4.78 is 66.9. The van der Waals surface area contributed by atoms with Crippen LogP contribution in [0.3, 0.4) is 0 Å². The van der Waals surface area contributed by atoms with Crippen molar-refractivity contribution in [1.82, 2.24) is 4.31 Å². The highest BCUT2D eigenvalue weighted by molar-refractivity contribution is 7.89. The van der Waals surface area contributed by atoms with E-state index in [-0.39, 0.29) is 6.54 Å². The monoisotopic (exact) mass is 309 g/mol. The first kappa shape index (κ1) is 14.8. The molecule has 1 aromatic rings. The van der Waals surface area contributed by atoms with E-state index in [4.69, 9.17) is 0 Å². The number of halogens is 3. The molecule has 2 atom stereocenters. The van der Waals surface area contributed by atoms with Crippen molar-refractivity contribution in [3.63, 3.8) is 0 Å². The van der Waals surface area contributed by atoms with Gasteiger partial charge in [0.2, 0.25) is 10.0 Å². The second-order valence-electron chi connectivity index (χ2n) is 4.14. The number of carbonyl (C=O) groups is 1. The van der Waals surface area contributed by atoms with Crippen molar-refractivity contribution in [1.29, 1.82) is 0 Å². The Morgan fingerprint density at radius 3 is 2.60 bits per heavy atom. The van der Waals surface area contributed by atoms with Gasteiger partial charge in [-0.15, -0.1) is 0 Å². The molecule has 1 heterocycles. The third-order valence-electron chi connectivity index (χ3n) is 2.81. The first-order valence-electron chi connectivity index (χ1n) is 5.45. The molecule has 110 valence electrons. The Morgan fingerprint density at radius 2 is 2.05 bits per heavy atom. The van der Waals surface area contributed by atoms with E-state index in [1.54, 1.807) is 0 Å².